The molecule has 5 atom stereocenters. The molecule has 4 unspecified atom stereocenters. The van der Waals surface area contributed by atoms with E-state index in [-0.39, 0.29) is 0 Å². The standard InChI is InChI=1S/C11H16/c1-7-5-10(7)4-2-3-8-9-6-11(8,9)10/h7-9H,2-6H2,1H3/t7-,8?,9?,10?,11?/m1/s1. The first-order chi connectivity index (χ1) is 5.31. The first-order valence-corrected chi connectivity index (χ1v) is 5.31. The second kappa shape index (κ2) is 1.20. The van der Waals surface area contributed by atoms with E-state index in [1.54, 1.807) is 32.1 Å². The van der Waals surface area contributed by atoms with Gasteiger partial charge >= 0.3 is 0 Å². The Bertz CT molecular complexity index is 244. The van der Waals surface area contributed by atoms with E-state index in [0.29, 0.717) is 0 Å². The topological polar surface area (TPSA) is 0 Å². The molecule has 2 spiro atoms. The Morgan fingerprint density at radius 3 is 2.55 bits per heavy atom. The largest absolute Gasteiger partial charge is 0.0619 e. The van der Waals surface area contributed by atoms with Crippen molar-refractivity contribution in [1.29, 1.82) is 0 Å². The first kappa shape index (κ1) is 5.61. The fourth-order valence-electron chi connectivity index (χ4n) is 4.80. The van der Waals surface area contributed by atoms with Crippen molar-refractivity contribution in [2.24, 2.45) is 28.6 Å². The number of hydrogen-bond donors (Lipinski definition) is 0. The van der Waals surface area contributed by atoms with Gasteiger partial charge in [-0.1, -0.05) is 13.3 Å². The molecule has 4 aliphatic rings. The molecule has 4 aliphatic carbocycles. The molecule has 0 radical (unpaired) electrons. The number of fused-ring (bicyclic) bond motifs is 1. The molecule has 0 heteroatoms. The van der Waals surface area contributed by atoms with E-state index in [2.05, 4.69) is 6.92 Å². The quantitative estimate of drug-likeness (QED) is 0.495. The van der Waals surface area contributed by atoms with E-state index in [9.17, 15) is 0 Å². The minimum absolute atomic E-state index is 0.931. The van der Waals surface area contributed by atoms with Crippen LogP contribution in [0.3, 0.4) is 0 Å². The van der Waals surface area contributed by atoms with Crippen LogP contribution in [0, 0.1) is 28.6 Å². The van der Waals surface area contributed by atoms with Gasteiger partial charge in [-0.15, -0.1) is 0 Å². The zero-order valence-corrected chi connectivity index (χ0v) is 7.27. The molecular weight excluding hydrogens is 132 g/mol. The van der Waals surface area contributed by atoms with Crippen molar-refractivity contribution in [3.05, 3.63) is 0 Å². The fraction of sp³-hybridized carbons (Fsp3) is 1.00. The highest BCUT2D eigenvalue weighted by molar-refractivity contribution is 5.37. The molecule has 0 amide bonds. The summed E-state index contributed by atoms with van der Waals surface area (Å²) in [6, 6.07) is 0. The second-order valence-corrected chi connectivity index (χ2v) is 5.61. The molecule has 4 fully saturated rings. The second-order valence-electron chi connectivity index (χ2n) is 5.61. The van der Waals surface area contributed by atoms with Crippen molar-refractivity contribution in [2.75, 3.05) is 0 Å². The lowest BCUT2D eigenvalue weighted by Gasteiger charge is -2.29. The van der Waals surface area contributed by atoms with Crippen LogP contribution in [0.2, 0.25) is 0 Å². The van der Waals surface area contributed by atoms with Gasteiger partial charge < -0.3 is 0 Å². The molecule has 11 heavy (non-hydrogen) atoms. The Balaban J connectivity index is 1.79. The third-order valence-corrected chi connectivity index (χ3v) is 5.62. The van der Waals surface area contributed by atoms with Gasteiger partial charge in [-0.25, -0.2) is 0 Å². The number of rotatable bonds is 0. The van der Waals surface area contributed by atoms with Gasteiger partial charge in [0.1, 0.15) is 0 Å². The molecule has 60 valence electrons. The molecule has 4 rings (SSSR count). The minimum Gasteiger partial charge on any atom is -0.0619 e. The normalized spacial score (nSPS) is 75.5. The summed E-state index contributed by atoms with van der Waals surface area (Å²) in [7, 11) is 0. The summed E-state index contributed by atoms with van der Waals surface area (Å²) in [5, 5.41) is 0. The predicted molar refractivity (Wildman–Crippen MR) is 44.1 cm³/mol. The van der Waals surface area contributed by atoms with Crippen LogP contribution in [-0.2, 0) is 0 Å². The van der Waals surface area contributed by atoms with Crippen molar-refractivity contribution >= 4 is 0 Å². The Hall–Kier alpha value is 0. The van der Waals surface area contributed by atoms with Crippen LogP contribution in [0.25, 0.3) is 0 Å². The third-order valence-electron chi connectivity index (χ3n) is 5.62. The van der Waals surface area contributed by atoms with Crippen LogP contribution in [0.1, 0.15) is 39.0 Å². The van der Waals surface area contributed by atoms with Crippen molar-refractivity contribution in [2.45, 2.75) is 39.0 Å². The van der Waals surface area contributed by atoms with Crippen molar-refractivity contribution in [1.82, 2.24) is 0 Å². The molecule has 0 aliphatic heterocycles. The summed E-state index contributed by atoms with van der Waals surface area (Å²) >= 11 is 0. The highest BCUT2D eigenvalue weighted by atomic mass is 14.9. The monoisotopic (exact) mass is 148 g/mol. The van der Waals surface area contributed by atoms with Gasteiger partial charge in [0.05, 0.1) is 0 Å². The fourth-order valence-corrected chi connectivity index (χ4v) is 4.80. The Morgan fingerprint density at radius 1 is 1.18 bits per heavy atom. The third kappa shape index (κ3) is 0.363. The lowest BCUT2D eigenvalue weighted by Crippen LogP contribution is -2.21. The van der Waals surface area contributed by atoms with E-state index < -0.39 is 0 Å². The van der Waals surface area contributed by atoms with Crippen LogP contribution in [0.5, 0.6) is 0 Å². The molecule has 0 bridgehead atoms. The van der Waals surface area contributed by atoms with Crippen molar-refractivity contribution < 1.29 is 0 Å². The maximum absolute atomic E-state index is 2.49. The van der Waals surface area contributed by atoms with Crippen LogP contribution < -0.4 is 0 Å². The molecule has 0 nitrogen and oxygen atoms in total. The van der Waals surface area contributed by atoms with Gasteiger partial charge in [0.15, 0.2) is 0 Å². The summed E-state index contributed by atoms with van der Waals surface area (Å²) < 4.78 is 0. The smallest absolute Gasteiger partial charge is 0.0173 e. The highest BCUT2D eigenvalue weighted by Crippen LogP contribution is 2.96. The minimum atomic E-state index is 0.931. The van der Waals surface area contributed by atoms with Gasteiger partial charge in [0.25, 0.3) is 0 Å². The molecule has 0 aromatic rings. The van der Waals surface area contributed by atoms with E-state index in [1.807, 2.05) is 0 Å². The molecule has 0 N–H and O–H groups in total. The summed E-state index contributed by atoms with van der Waals surface area (Å²) in [6.07, 6.45) is 8.00. The lowest BCUT2D eigenvalue weighted by atomic mass is 9.76. The van der Waals surface area contributed by atoms with Crippen LogP contribution in [-0.4, -0.2) is 0 Å². The zero-order valence-electron chi connectivity index (χ0n) is 7.27. The number of hydrogen-bond acceptors (Lipinski definition) is 0. The van der Waals surface area contributed by atoms with Gasteiger partial charge in [-0.3, -0.25) is 0 Å². The molecular formula is C11H16. The average Bonchev–Trinajstić information content (AvgIpc) is 2.76. The van der Waals surface area contributed by atoms with Gasteiger partial charge in [-0.2, -0.15) is 0 Å². The summed E-state index contributed by atoms with van der Waals surface area (Å²) in [6.45, 7) is 2.49. The van der Waals surface area contributed by atoms with Crippen LogP contribution >= 0.6 is 0 Å². The van der Waals surface area contributed by atoms with E-state index in [1.165, 1.54) is 11.8 Å². The molecule has 0 saturated heterocycles. The van der Waals surface area contributed by atoms with Gasteiger partial charge in [0.2, 0.25) is 0 Å². The van der Waals surface area contributed by atoms with Crippen LogP contribution in [0.15, 0.2) is 0 Å². The van der Waals surface area contributed by atoms with E-state index in [4.69, 9.17) is 0 Å². The summed E-state index contributed by atoms with van der Waals surface area (Å²) in [5.74, 6) is 3.59. The average molecular weight is 148 g/mol. The Morgan fingerprint density at radius 2 is 2.00 bits per heavy atom. The molecule has 0 aromatic carbocycles. The molecule has 0 heterocycles. The predicted octanol–water partition coefficient (Wildman–Crippen LogP) is 2.83. The molecule has 0 aromatic heterocycles. The van der Waals surface area contributed by atoms with Gasteiger partial charge in [0, 0.05) is 0 Å². The van der Waals surface area contributed by atoms with Gasteiger partial charge in [-0.05, 0) is 54.3 Å². The maximum atomic E-state index is 2.49. The Labute approximate surface area is 68.4 Å². The van der Waals surface area contributed by atoms with E-state index in [0.717, 1.165) is 16.7 Å². The zero-order chi connectivity index (χ0) is 7.27. The maximum Gasteiger partial charge on any atom is -0.0173 e. The van der Waals surface area contributed by atoms with Crippen molar-refractivity contribution in [3.63, 3.8) is 0 Å². The summed E-state index contributed by atoms with van der Waals surface area (Å²) in [5.41, 5.74) is 1.92. The van der Waals surface area contributed by atoms with Crippen LogP contribution in [0.4, 0.5) is 0 Å². The SMILES string of the molecule is C[C@@H]1CC12CCCC1C3CC132. The van der Waals surface area contributed by atoms with E-state index >= 15 is 0 Å². The lowest BCUT2D eigenvalue weighted by molar-refractivity contribution is 0.203. The first-order valence-electron chi connectivity index (χ1n) is 5.31. The Kier molecular flexibility index (Phi) is 0.611. The summed E-state index contributed by atoms with van der Waals surface area (Å²) in [4.78, 5) is 0. The highest BCUT2D eigenvalue weighted by Gasteiger charge is 2.89. The molecule has 4 saturated carbocycles. The van der Waals surface area contributed by atoms with Crippen molar-refractivity contribution in [3.8, 4) is 0 Å².